The molecule has 0 saturated heterocycles. The fraction of sp³-hybridized carbons (Fsp3) is 0.125. The molecule has 2 aromatic rings. The number of hydrogen-bond donors (Lipinski definition) is 1. The molecule has 0 aliphatic heterocycles. The molecule has 0 amide bonds. The van der Waals surface area contributed by atoms with Crippen LogP contribution < -0.4 is 5.63 Å². The summed E-state index contributed by atoms with van der Waals surface area (Å²) in [6.45, 7) is 0. The number of hydrogen-bond acceptors (Lipinski definition) is 3. The minimum absolute atomic E-state index is 0.0704. The average Bonchev–Trinajstić information content (AvgIpc) is 2.28. The van der Waals surface area contributed by atoms with Gasteiger partial charge in [-0.3, -0.25) is 0 Å². The summed E-state index contributed by atoms with van der Waals surface area (Å²) in [5, 5.41) is 9.47. The van der Waals surface area contributed by atoms with Gasteiger partial charge in [0.05, 0.1) is 10.9 Å². The summed E-state index contributed by atoms with van der Waals surface area (Å²) >= 11 is 0. The van der Waals surface area contributed by atoms with Crippen LogP contribution in [0, 0.1) is 0 Å². The van der Waals surface area contributed by atoms with Gasteiger partial charge in [-0.15, -0.1) is 0 Å². The molecule has 0 saturated carbocycles. The van der Waals surface area contributed by atoms with Crippen molar-refractivity contribution in [3.63, 3.8) is 0 Å². The Bertz CT molecular complexity index is 480. The van der Waals surface area contributed by atoms with Crippen LogP contribution in [0.2, 0.25) is 0 Å². The molecule has 0 aliphatic carbocycles. The lowest BCUT2D eigenvalue weighted by atomic mass is 10.2. The third-order valence-corrected chi connectivity index (χ3v) is 1.76. The summed E-state index contributed by atoms with van der Waals surface area (Å²) in [6, 6.07) is 4.54. The highest BCUT2D eigenvalue weighted by Crippen LogP contribution is 2.16. The molecule has 0 aliphatic rings. The number of benzene rings is 1. The molecule has 0 unspecified atom stereocenters. The minimum atomic E-state index is -0.427. The van der Waals surface area contributed by atoms with Crippen molar-refractivity contribution >= 4 is 10.9 Å². The fourth-order valence-corrected chi connectivity index (χ4v) is 1.18. The van der Waals surface area contributed by atoms with Gasteiger partial charge in [0.15, 0.2) is 0 Å². The summed E-state index contributed by atoms with van der Waals surface area (Å²) in [6.07, 6.45) is 0. The Morgan fingerprint density at radius 2 is 2.25 bits per heavy atom. The highest BCUT2D eigenvalue weighted by molar-refractivity contribution is 5.79. The summed E-state index contributed by atoms with van der Waals surface area (Å²) in [7, 11) is 1.64. The molecule has 1 N–H and O–H groups in total. The zero-order valence-corrected chi connectivity index (χ0v) is 6.44. The normalized spacial score (nSPS) is 10.8. The van der Waals surface area contributed by atoms with E-state index in [2.05, 4.69) is 0 Å². The van der Waals surface area contributed by atoms with Gasteiger partial charge in [-0.1, -0.05) is 0 Å². The van der Waals surface area contributed by atoms with Crippen LogP contribution in [-0.4, -0.2) is 9.85 Å². The van der Waals surface area contributed by atoms with E-state index in [-0.39, 0.29) is 5.75 Å². The van der Waals surface area contributed by atoms with E-state index in [9.17, 15) is 4.79 Å². The molecular weight excluding hydrogens is 158 g/mol. The van der Waals surface area contributed by atoms with Crippen molar-refractivity contribution in [2.24, 2.45) is 7.05 Å². The van der Waals surface area contributed by atoms with Gasteiger partial charge in [-0.25, -0.2) is 9.53 Å². The first kappa shape index (κ1) is 6.97. The molecule has 1 aromatic carbocycles. The molecule has 2 rings (SSSR count). The molecule has 12 heavy (non-hydrogen) atoms. The topological polar surface area (TPSA) is 55.4 Å². The lowest BCUT2D eigenvalue weighted by molar-refractivity contribution is 0.296. The van der Waals surface area contributed by atoms with Crippen LogP contribution in [0.4, 0.5) is 0 Å². The lowest BCUT2D eigenvalue weighted by Crippen LogP contribution is -1.91. The molecule has 1 aromatic heterocycles. The van der Waals surface area contributed by atoms with Crippen molar-refractivity contribution in [2.75, 3.05) is 0 Å². The van der Waals surface area contributed by atoms with E-state index in [1.807, 2.05) is 0 Å². The molecule has 0 fully saturated rings. The van der Waals surface area contributed by atoms with E-state index >= 15 is 0 Å². The van der Waals surface area contributed by atoms with Gasteiger partial charge in [-0.2, -0.15) is 0 Å². The van der Waals surface area contributed by atoms with Crippen molar-refractivity contribution in [1.29, 1.82) is 0 Å². The monoisotopic (exact) mass is 165 g/mol. The van der Waals surface area contributed by atoms with Gasteiger partial charge in [0.25, 0.3) is 0 Å². The first-order chi connectivity index (χ1) is 5.68. The summed E-state index contributed by atoms with van der Waals surface area (Å²) in [4.78, 5) is 11.1. The summed E-state index contributed by atoms with van der Waals surface area (Å²) in [5.41, 5.74) is 0.251. The number of aromatic nitrogens is 1. The summed E-state index contributed by atoms with van der Waals surface area (Å²) in [5.74, 6) is 0.0704. The Labute approximate surface area is 67.6 Å². The van der Waals surface area contributed by atoms with Crippen LogP contribution in [0.5, 0.6) is 5.75 Å². The highest BCUT2D eigenvalue weighted by atomic mass is 16.5. The second-order valence-corrected chi connectivity index (χ2v) is 2.58. The van der Waals surface area contributed by atoms with Gasteiger partial charge >= 0.3 is 5.63 Å². The second kappa shape index (κ2) is 2.14. The molecule has 4 nitrogen and oxygen atoms in total. The Balaban J connectivity index is 3.00. The van der Waals surface area contributed by atoms with Crippen LogP contribution in [0.1, 0.15) is 0 Å². The number of nitrogens with zero attached hydrogens (tertiary/aromatic N) is 1. The number of phenolic OH excluding ortho intramolecular Hbond substituents is 1. The van der Waals surface area contributed by atoms with Crippen LogP contribution in [0.15, 0.2) is 27.5 Å². The summed E-state index contributed by atoms with van der Waals surface area (Å²) < 4.78 is 6.14. The maximum atomic E-state index is 11.1. The third-order valence-electron chi connectivity index (χ3n) is 1.76. The van der Waals surface area contributed by atoms with E-state index < -0.39 is 5.63 Å². The zero-order chi connectivity index (χ0) is 8.72. The van der Waals surface area contributed by atoms with Gasteiger partial charge in [0, 0.05) is 7.05 Å². The van der Waals surface area contributed by atoms with E-state index in [4.69, 9.17) is 9.63 Å². The average molecular weight is 165 g/mol. The highest BCUT2D eigenvalue weighted by Gasteiger charge is 2.05. The van der Waals surface area contributed by atoms with E-state index in [1.165, 1.54) is 16.9 Å². The molecule has 0 spiro atoms. The minimum Gasteiger partial charge on any atom is -0.508 e. The van der Waals surface area contributed by atoms with Crippen molar-refractivity contribution in [3.05, 3.63) is 28.6 Å². The van der Waals surface area contributed by atoms with Crippen LogP contribution in [0.25, 0.3) is 10.9 Å². The number of rotatable bonds is 0. The molecule has 0 bridgehead atoms. The number of aromatic hydroxyl groups is 1. The Hall–Kier alpha value is -1.71. The molecule has 0 radical (unpaired) electrons. The molecular formula is C8H7NO3. The standard InChI is InChI=1S/C8H7NO3/c1-9-7-3-2-5(10)4-6(7)8(11)12-9/h2-4,10H,1H3. The van der Waals surface area contributed by atoms with Gasteiger partial charge < -0.3 is 9.63 Å². The predicted molar refractivity (Wildman–Crippen MR) is 43.1 cm³/mol. The fourth-order valence-electron chi connectivity index (χ4n) is 1.18. The number of phenols is 1. The SMILES string of the molecule is Cn1oc(=O)c2cc(O)ccc21. The number of aryl methyl sites for hydroxylation is 1. The Morgan fingerprint density at radius 3 is 3.00 bits per heavy atom. The van der Waals surface area contributed by atoms with E-state index in [0.717, 1.165) is 0 Å². The predicted octanol–water partition coefficient (Wildman–Crippen LogP) is 0.837. The quantitative estimate of drug-likeness (QED) is 0.629. The van der Waals surface area contributed by atoms with E-state index in [1.54, 1.807) is 13.1 Å². The Morgan fingerprint density at radius 1 is 1.50 bits per heavy atom. The van der Waals surface area contributed by atoms with Crippen molar-refractivity contribution in [1.82, 2.24) is 4.74 Å². The van der Waals surface area contributed by atoms with Gasteiger partial charge in [0.1, 0.15) is 5.75 Å². The van der Waals surface area contributed by atoms with Crippen molar-refractivity contribution < 1.29 is 9.63 Å². The smallest absolute Gasteiger partial charge is 0.365 e. The first-order valence-electron chi connectivity index (χ1n) is 3.47. The first-order valence-corrected chi connectivity index (χ1v) is 3.47. The van der Waals surface area contributed by atoms with Gasteiger partial charge in [0.2, 0.25) is 0 Å². The Kier molecular flexibility index (Phi) is 1.24. The van der Waals surface area contributed by atoms with Crippen molar-refractivity contribution in [2.45, 2.75) is 0 Å². The van der Waals surface area contributed by atoms with Crippen molar-refractivity contribution in [3.8, 4) is 5.75 Å². The molecule has 0 atom stereocenters. The molecule has 62 valence electrons. The second-order valence-electron chi connectivity index (χ2n) is 2.58. The molecule has 4 heteroatoms. The van der Waals surface area contributed by atoms with Crippen LogP contribution in [-0.2, 0) is 7.05 Å². The number of fused-ring (bicyclic) bond motifs is 1. The lowest BCUT2D eigenvalue weighted by Gasteiger charge is -1.91. The maximum absolute atomic E-state index is 11.1. The van der Waals surface area contributed by atoms with Crippen LogP contribution in [0.3, 0.4) is 0 Å². The molecule has 1 heterocycles. The van der Waals surface area contributed by atoms with E-state index in [0.29, 0.717) is 10.9 Å². The maximum Gasteiger partial charge on any atom is 0.365 e. The largest absolute Gasteiger partial charge is 0.508 e. The van der Waals surface area contributed by atoms with Gasteiger partial charge in [-0.05, 0) is 18.2 Å². The third kappa shape index (κ3) is 0.812. The zero-order valence-electron chi connectivity index (χ0n) is 6.44. The van der Waals surface area contributed by atoms with Crippen LogP contribution >= 0.6 is 0 Å².